The lowest BCUT2D eigenvalue weighted by atomic mass is 9.83. The average molecular weight is 198 g/mol. The Bertz CT molecular complexity index is 382. The summed E-state index contributed by atoms with van der Waals surface area (Å²) in [7, 11) is 0. The van der Waals surface area contributed by atoms with E-state index in [1.54, 1.807) is 0 Å². The molecule has 1 aliphatic rings. The zero-order valence-corrected chi connectivity index (χ0v) is 9.42. The van der Waals surface area contributed by atoms with Crippen LogP contribution in [0.3, 0.4) is 0 Å². The number of rotatable bonds is 2. The van der Waals surface area contributed by atoms with Gasteiger partial charge in [0.15, 0.2) is 0 Å². The molecular formula is C15H18. The van der Waals surface area contributed by atoms with E-state index in [0.29, 0.717) is 0 Å². The van der Waals surface area contributed by atoms with Gasteiger partial charge < -0.3 is 0 Å². The first kappa shape index (κ1) is 10.2. The van der Waals surface area contributed by atoms with Crippen LogP contribution in [0, 0.1) is 0 Å². The molecule has 0 radical (unpaired) electrons. The second kappa shape index (κ2) is 4.48. The molecule has 0 fully saturated rings. The first-order valence-corrected chi connectivity index (χ1v) is 5.78. The van der Waals surface area contributed by atoms with Crippen molar-refractivity contribution in [2.24, 2.45) is 0 Å². The van der Waals surface area contributed by atoms with Crippen molar-refractivity contribution in [1.29, 1.82) is 0 Å². The third-order valence-corrected chi connectivity index (χ3v) is 3.17. The van der Waals surface area contributed by atoms with Crippen LogP contribution < -0.4 is 0 Å². The highest BCUT2D eigenvalue weighted by Gasteiger charge is 2.15. The molecule has 0 saturated carbocycles. The minimum Gasteiger partial charge on any atom is -0.0955 e. The lowest BCUT2D eigenvalue weighted by Gasteiger charge is -2.22. The Morgan fingerprint density at radius 1 is 1.13 bits per heavy atom. The van der Waals surface area contributed by atoms with E-state index in [4.69, 9.17) is 0 Å². The average Bonchev–Trinajstić information content (AvgIpc) is 2.30. The van der Waals surface area contributed by atoms with Gasteiger partial charge in [-0.05, 0) is 42.4 Å². The van der Waals surface area contributed by atoms with Gasteiger partial charge in [0.25, 0.3) is 0 Å². The van der Waals surface area contributed by atoms with Crippen LogP contribution >= 0.6 is 0 Å². The van der Waals surface area contributed by atoms with Crippen LogP contribution in [0.15, 0.2) is 48.1 Å². The number of allylic oxidation sites excluding steroid dienone is 3. The topological polar surface area (TPSA) is 0 Å². The van der Waals surface area contributed by atoms with Gasteiger partial charge in [0.1, 0.15) is 0 Å². The summed E-state index contributed by atoms with van der Waals surface area (Å²) in [6, 6.07) is 10.7. The summed E-state index contributed by atoms with van der Waals surface area (Å²) in [5, 5.41) is 0. The van der Waals surface area contributed by atoms with Crippen molar-refractivity contribution in [2.45, 2.75) is 32.6 Å². The van der Waals surface area contributed by atoms with Gasteiger partial charge in [-0.2, -0.15) is 0 Å². The molecule has 1 aromatic rings. The summed E-state index contributed by atoms with van der Waals surface area (Å²) >= 11 is 0. The minimum absolute atomic E-state index is 1.11. The van der Waals surface area contributed by atoms with Gasteiger partial charge in [0.2, 0.25) is 0 Å². The van der Waals surface area contributed by atoms with Gasteiger partial charge in [-0.25, -0.2) is 0 Å². The summed E-state index contributed by atoms with van der Waals surface area (Å²) in [6.45, 7) is 6.42. The molecule has 0 unspecified atom stereocenters. The summed E-state index contributed by atoms with van der Waals surface area (Å²) in [4.78, 5) is 0. The van der Waals surface area contributed by atoms with Gasteiger partial charge >= 0.3 is 0 Å². The van der Waals surface area contributed by atoms with Crippen LogP contribution in [-0.2, 0) is 0 Å². The molecule has 0 aliphatic heterocycles. The normalized spacial score (nSPS) is 17.0. The third kappa shape index (κ3) is 2.04. The van der Waals surface area contributed by atoms with E-state index in [-0.39, 0.29) is 0 Å². The van der Waals surface area contributed by atoms with E-state index in [1.807, 2.05) is 0 Å². The van der Waals surface area contributed by atoms with E-state index in [9.17, 15) is 0 Å². The smallest absolute Gasteiger partial charge is 0.0222 e. The molecule has 2 rings (SSSR count). The molecule has 15 heavy (non-hydrogen) atoms. The van der Waals surface area contributed by atoms with Crippen molar-refractivity contribution in [2.75, 3.05) is 0 Å². The van der Waals surface area contributed by atoms with E-state index < -0.39 is 0 Å². The fraction of sp³-hybridized carbons (Fsp3) is 0.333. The van der Waals surface area contributed by atoms with Gasteiger partial charge in [-0.1, -0.05) is 49.4 Å². The Balaban J connectivity index is 2.45. The minimum atomic E-state index is 1.11. The van der Waals surface area contributed by atoms with Crippen LogP contribution in [0.1, 0.15) is 38.2 Å². The van der Waals surface area contributed by atoms with Crippen molar-refractivity contribution in [1.82, 2.24) is 0 Å². The summed E-state index contributed by atoms with van der Waals surface area (Å²) < 4.78 is 0. The first-order chi connectivity index (χ1) is 7.33. The predicted octanol–water partition coefficient (Wildman–Crippen LogP) is 4.59. The summed E-state index contributed by atoms with van der Waals surface area (Å²) in [5.74, 6) is 0. The zero-order chi connectivity index (χ0) is 10.7. The van der Waals surface area contributed by atoms with Gasteiger partial charge in [-0.3, -0.25) is 0 Å². The highest BCUT2D eigenvalue weighted by molar-refractivity contribution is 5.73. The van der Waals surface area contributed by atoms with Crippen LogP contribution in [-0.4, -0.2) is 0 Å². The lowest BCUT2D eigenvalue weighted by molar-refractivity contribution is 0.803. The largest absolute Gasteiger partial charge is 0.0955 e. The lowest BCUT2D eigenvalue weighted by Crippen LogP contribution is -2.01. The van der Waals surface area contributed by atoms with Crippen molar-refractivity contribution < 1.29 is 0 Å². The van der Waals surface area contributed by atoms with Crippen molar-refractivity contribution >= 4 is 5.57 Å². The van der Waals surface area contributed by atoms with Gasteiger partial charge in [0.05, 0.1) is 0 Å². The SMILES string of the molecule is C=C1CCCC(c2ccccc2)=C1CC. The maximum atomic E-state index is 4.18. The van der Waals surface area contributed by atoms with Crippen LogP contribution in [0.2, 0.25) is 0 Å². The molecule has 0 heterocycles. The van der Waals surface area contributed by atoms with Gasteiger partial charge in [-0.15, -0.1) is 0 Å². The van der Waals surface area contributed by atoms with Crippen molar-refractivity contribution in [3.05, 3.63) is 53.6 Å². The standard InChI is InChI=1S/C15H18/c1-3-14-12(2)8-7-11-15(14)13-9-5-4-6-10-13/h4-6,9-10H,2-3,7-8,11H2,1H3. The molecule has 0 bridgehead atoms. The fourth-order valence-corrected chi connectivity index (χ4v) is 2.42. The number of benzene rings is 1. The molecule has 1 aromatic carbocycles. The predicted molar refractivity (Wildman–Crippen MR) is 66.6 cm³/mol. The summed E-state index contributed by atoms with van der Waals surface area (Å²) in [5.41, 5.74) is 5.75. The Kier molecular flexibility index (Phi) is 3.05. The Morgan fingerprint density at radius 3 is 2.53 bits per heavy atom. The molecule has 0 spiro atoms. The second-order valence-electron chi connectivity index (χ2n) is 4.13. The molecular weight excluding hydrogens is 180 g/mol. The highest BCUT2D eigenvalue weighted by atomic mass is 14.2. The van der Waals surface area contributed by atoms with E-state index in [0.717, 1.165) is 6.42 Å². The number of hydrogen-bond donors (Lipinski definition) is 0. The molecule has 0 N–H and O–H groups in total. The molecule has 0 amide bonds. The van der Waals surface area contributed by atoms with Crippen LogP contribution in [0.5, 0.6) is 0 Å². The van der Waals surface area contributed by atoms with E-state index in [2.05, 4.69) is 43.8 Å². The van der Waals surface area contributed by atoms with Crippen LogP contribution in [0.4, 0.5) is 0 Å². The Morgan fingerprint density at radius 2 is 1.87 bits per heavy atom. The van der Waals surface area contributed by atoms with Gasteiger partial charge in [0, 0.05) is 0 Å². The highest BCUT2D eigenvalue weighted by Crippen LogP contribution is 2.36. The molecule has 78 valence electrons. The molecule has 1 aliphatic carbocycles. The first-order valence-electron chi connectivity index (χ1n) is 5.78. The zero-order valence-electron chi connectivity index (χ0n) is 9.42. The van der Waals surface area contributed by atoms with Crippen molar-refractivity contribution in [3.63, 3.8) is 0 Å². The fourth-order valence-electron chi connectivity index (χ4n) is 2.42. The Hall–Kier alpha value is -1.30. The van der Waals surface area contributed by atoms with Crippen molar-refractivity contribution in [3.8, 4) is 0 Å². The molecule has 0 aromatic heterocycles. The maximum Gasteiger partial charge on any atom is -0.0222 e. The van der Waals surface area contributed by atoms with Crippen LogP contribution in [0.25, 0.3) is 5.57 Å². The summed E-state index contributed by atoms with van der Waals surface area (Å²) in [6.07, 6.45) is 4.77. The molecule has 0 heteroatoms. The molecule has 0 saturated heterocycles. The molecule has 0 atom stereocenters. The second-order valence-corrected chi connectivity index (χ2v) is 4.13. The number of hydrogen-bond acceptors (Lipinski definition) is 0. The quantitative estimate of drug-likeness (QED) is 0.652. The van der Waals surface area contributed by atoms with E-state index >= 15 is 0 Å². The third-order valence-electron chi connectivity index (χ3n) is 3.17. The maximum absolute atomic E-state index is 4.18. The molecule has 0 nitrogen and oxygen atoms in total. The monoisotopic (exact) mass is 198 g/mol. The van der Waals surface area contributed by atoms with E-state index in [1.165, 1.54) is 41.5 Å². The Labute approximate surface area is 92.3 Å².